The van der Waals surface area contributed by atoms with Crippen LogP contribution in [0.3, 0.4) is 0 Å². The molecule has 1 aliphatic rings. The molecule has 0 amide bonds. The number of aliphatic carboxylic acids is 1. The van der Waals surface area contributed by atoms with Gasteiger partial charge in [0.15, 0.2) is 12.4 Å². The molecule has 9 heteroatoms. The van der Waals surface area contributed by atoms with Crippen molar-refractivity contribution in [1.29, 1.82) is 0 Å². The van der Waals surface area contributed by atoms with Crippen LogP contribution in [0.15, 0.2) is 24.3 Å². The van der Waals surface area contributed by atoms with Crippen LogP contribution in [-0.2, 0) is 9.53 Å². The number of phenolic OH excluding ortho intramolecular Hbond substituents is 2. The lowest BCUT2D eigenvalue weighted by molar-refractivity contribution is -0.279. The van der Waals surface area contributed by atoms with Crippen LogP contribution >= 0.6 is 0 Å². The first kappa shape index (κ1) is 17.1. The van der Waals surface area contributed by atoms with Gasteiger partial charge in [-0.1, -0.05) is 0 Å². The van der Waals surface area contributed by atoms with Crippen LogP contribution in [-0.4, -0.2) is 72.4 Å². The van der Waals surface area contributed by atoms with Crippen molar-refractivity contribution in [2.45, 2.75) is 30.7 Å². The quantitative estimate of drug-likeness (QED) is 0.289. The van der Waals surface area contributed by atoms with Crippen molar-refractivity contribution in [3.63, 3.8) is 0 Å². The molecule has 1 heterocycles. The summed E-state index contributed by atoms with van der Waals surface area (Å²) in [6.07, 6.45) is -8.72. The maximum absolute atomic E-state index is 10.4. The molecule has 9 nitrogen and oxygen atoms in total. The number of carboxylic acids is 1. The molecular weight excluding hydrogens is 288 g/mol. The van der Waals surface area contributed by atoms with E-state index in [1.165, 1.54) is 24.3 Å². The minimum absolute atomic E-state index is 0.169. The number of benzene rings is 1. The third-order valence-electron chi connectivity index (χ3n) is 2.68. The number of ether oxygens (including phenoxy) is 1. The summed E-state index contributed by atoms with van der Waals surface area (Å²) in [6, 6.07) is 5.70. The molecule has 1 fully saturated rings. The van der Waals surface area contributed by atoms with E-state index >= 15 is 0 Å². The minimum Gasteiger partial charge on any atom is -0.508 e. The largest absolute Gasteiger partial charge is 0.508 e. The van der Waals surface area contributed by atoms with Gasteiger partial charge in [-0.15, -0.1) is 0 Å². The number of hydrogen-bond acceptors (Lipinski definition) is 8. The lowest BCUT2D eigenvalue weighted by atomic mass is 9.99. The number of carbonyl (C=O) groups is 1. The molecule has 2 rings (SSSR count). The van der Waals surface area contributed by atoms with Gasteiger partial charge in [0.25, 0.3) is 0 Å². The Morgan fingerprint density at radius 3 is 1.67 bits per heavy atom. The highest BCUT2D eigenvalue weighted by Crippen LogP contribution is 2.19. The van der Waals surface area contributed by atoms with E-state index in [1.807, 2.05) is 0 Å². The monoisotopic (exact) mass is 304 g/mol. The van der Waals surface area contributed by atoms with E-state index in [-0.39, 0.29) is 11.5 Å². The van der Waals surface area contributed by atoms with Crippen LogP contribution in [0.5, 0.6) is 11.5 Å². The SMILES string of the molecule is O=C(O)[C@H]1O[C@H](O)[C@H](O)[C@@H](O)[C@H]1O.Oc1ccc(O)cc1. The molecule has 0 radical (unpaired) electrons. The molecule has 0 saturated carbocycles. The second kappa shape index (κ2) is 7.20. The average Bonchev–Trinajstić information content (AvgIpc) is 2.44. The highest BCUT2D eigenvalue weighted by Gasteiger charge is 2.46. The Kier molecular flexibility index (Phi) is 5.88. The number of aliphatic hydroxyl groups is 4. The van der Waals surface area contributed by atoms with Crippen LogP contribution in [0.2, 0.25) is 0 Å². The Hall–Kier alpha value is -1.91. The number of carboxylic acid groups (broad SMARTS) is 1. The third kappa shape index (κ3) is 4.55. The molecule has 7 N–H and O–H groups in total. The molecule has 0 unspecified atom stereocenters. The van der Waals surface area contributed by atoms with Crippen LogP contribution in [0.4, 0.5) is 0 Å². The number of rotatable bonds is 1. The fourth-order valence-electron chi connectivity index (χ4n) is 1.52. The third-order valence-corrected chi connectivity index (χ3v) is 2.68. The molecule has 1 aromatic carbocycles. The van der Waals surface area contributed by atoms with Crippen LogP contribution < -0.4 is 0 Å². The van der Waals surface area contributed by atoms with Gasteiger partial charge in [0, 0.05) is 0 Å². The molecule has 0 aromatic heterocycles. The van der Waals surface area contributed by atoms with Crippen molar-refractivity contribution < 1.29 is 45.3 Å². The Morgan fingerprint density at radius 2 is 1.29 bits per heavy atom. The smallest absolute Gasteiger partial charge is 0.335 e. The minimum atomic E-state index is -1.81. The topological polar surface area (TPSA) is 168 Å². The van der Waals surface area contributed by atoms with Gasteiger partial charge in [-0.05, 0) is 24.3 Å². The van der Waals surface area contributed by atoms with E-state index in [1.54, 1.807) is 0 Å². The first-order chi connectivity index (χ1) is 9.73. The molecule has 1 aromatic rings. The van der Waals surface area contributed by atoms with Crippen LogP contribution in [0.25, 0.3) is 0 Å². The van der Waals surface area contributed by atoms with Crippen LogP contribution in [0, 0.1) is 0 Å². The Bertz CT molecular complexity index is 439. The Balaban J connectivity index is 0.000000235. The standard InChI is InChI=1S/C6H10O7.C6H6O2/c7-1-2(8)4(5(10)11)13-6(12)3(1)9;7-5-1-2-6(8)4-3-5/h1-4,6-9,12H,(H,10,11);1-4,7-8H/t1-,2+,3+,4-,6-;/m0./s1. The van der Waals surface area contributed by atoms with Crippen molar-refractivity contribution in [2.24, 2.45) is 0 Å². The fourth-order valence-corrected chi connectivity index (χ4v) is 1.52. The van der Waals surface area contributed by atoms with Gasteiger partial charge in [0.05, 0.1) is 0 Å². The van der Waals surface area contributed by atoms with Gasteiger partial charge in [-0.3, -0.25) is 0 Å². The highest BCUT2D eigenvalue weighted by atomic mass is 16.6. The molecule has 5 atom stereocenters. The Morgan fingerprint density at radius 1 is 0.857 bits per heavy atom. The van der Waals surface area contributed by atoms with E-state index in [0.29, 0.717) is 0 Å². The number of aromatic hydroxyl groups is 2. The highest BCUT2D eigenvalue weighted by molar-refractivity contribution is 5.73. The van der Waals surface area contributed by atoms with Gasteiger partial charge in [-0.25, -0.2) is 4.79 Å². The van der Waals surface area contributed by atoms with E-state index in [2.05, 4.69) is 4.74 Å². The molecule has 0 bridgehead atoms. The zero-order chi connectivity index (χ0) is 16.2. The van der Waals surface area contributed by atoms with Gasteiger partial charge < -0.3 is 40.5 Å². The first-order valence-corrected chi connectivity index (χ1v) is 5.82. The van der Waals surface area contributed by atoms with Crippen molar-refractivity contribution in [2.75, 3.05) is 0 Å². The summed E-state index contributed by atoms with van der Waals surface area (Å²) >= 11 is 0. The zero-order valence-corrected chi connectivity index (χ0v) is 10.6. The van der Waals surface area contributed by atoms with Gasteiger partial charge in [0.1, 0.15) is 29.8 Å². The maximum Gasteiger partial charge on any atom is 0.335 e. The van der Waals surface area contributed by atoms with Gasteiger partial charge in [0.2, 0.25) is 0 Å². The molecule has 1 aliphatic heterocycles. The van der Waals surface area contributed by atoms with Gasteiger partial charge in [-0.2, -0.15) is 0 Å². The summed E-state index contributed by atoms with van der Waals surface area (Å²) in [6.45, 7) is 0. The lowest BCUT2D eigenvalue weighted by Crippen LogP contribution is -2.59. The molecular formula is C12H16O9. The second-order valence-corrected chi connectivity index (χ2v) is 4.27. The second-order valence-electron chi connectivity index (χ2n) is 4.27. The molecule has 0 spiro atoms. The molecule has 118 valence electrons. The summed E-state index contributed by atoms with van der Waals surface area (Å²) in [5, 5.41) is 61.7. The summed E-state index contributed by atoms with van der Waals surface area (Å²) < 4.78 is 4.34. The normalized spacial score (nSPS) is 31.9. The first-order valence-electron chi connectivity index (χ1n) is 5.82. The van der Waals surface area contributed by atoms with Crippen molar-refractivity contribution in [3.8, 4) is 11.5 Å². The number of phenols is 2. The molecule has 0 aliphatic carbocycles. The predicted molar refractivity (Wildman–Crippen MR) is 66.3 cm³/mol. The van der Waals surface area contributed by atoms with E-state index < -0.39 is 36.7 Å². The number of aliphatic hydroxyl groups excluding tert-OH is 4. The molecule has 21 heavy (non-hydrogen) atoms. The van der Waals surface area contributed by atoms with Crippen LogP contribution in [0.1, 0.15) is 0 Å². The maximum atomic E-state index is 10.4. The van der Waals surface area contributed by atoms with E-state index in [0.717, 1.165) is 0 Å². The summed E-state index contributed by atoms with van der Waals surface area (Å²) in [5.74, 6) is -1.18. The van der Waals surface area contributed by atoms with Crippen molar-refractivity contribution in [1.82, 2.24) is 0 Å². The van der Waals surface area contributed by atoms with Crippen molar-refractivity contribution >= 4 is 5.97 Å². The summed E-state index contributed by atoms with van der Waals surface area (Å²) in [7, 11) is 0. The summed E-state index contributed by atoms with van der Waals surface area (Å²) in [5.41, 5.74) is 0. The predicted octanol–water partition coefficient (Wildman–Crippen LogP) is -2.03. The van der Waals surface area contributed by atoms with E-state index in [9.17, 15) is 4.79 Å². The Labute approximate surface area is 118 Å². The lowest BCUT2D eigenvalue weighted by Gasteiger charge is -2.36. The summed E-state index contributed by atoms with van der Waals surface area (Å²) in [4.78, 5) is 10.4. The molecule has 1 saturated heterocycles. The average molecular weight is 304 g/mol. The van der Waals surface area contributed by atoms with Crippen molar-refractivity contribution in [3.05, 3.63) is 24.3 Å². The van der Waals surface area contributed by atoms with E-state index in [4.69, 9.17) is 35.7 Å². The fraction of sp³-hybridized carbons (Fsp3) is 0.417. The van der Waals surface area contributed by atoms with Gasteiger partial charge >= 0.3 is 5.97 Å². The number of hydrogen-bond donors (Lipinski definition) is 7. The zero-order valence-electron chi connectivity index (χ0n) is 10.6.